The van der Waals surface area contributed by atoms with E-state index in [1.54, 1.807) is 0 Å². The summed E-state index contributed by atoms with van der Waals surface area (Å²) < 4.78 is 16.9. The monoisotopic (exact) mass is 1120 g/mol. The van der Waals surface area contributed by atoms with Gasteiger partial charge in [-0.25, -0.2) is 0 Å². The Morgan fingerprint density at radius 3 is 0.753 bits per heavy atom. The third-order valence-electron chi connectivity index (χ3n) is 13.5. The molecule has 0 N–H and O–H groups in total. The van der Waals surface area contributed by atoms with Crippen molar-refractivity contribution < 1.29 is 28.6 Å². The fourth-order valence-electron chi connectivity index (χ4n) is 8.62. The lowest BCUT2D eigenvalue weighted by Gasteiger charge is -2.18. The summed E-state index contributed by atoms with van der Waals surface area (Å²) in [5.74, 6) is -0.963. The van der Waals surface area contributed by atoms with E-state index in [1.807, 2.05) is 0 Å². The Hall–Kier alpha value is -4.97. The van der Waals surface area contributed by atoms with Gasteiger partial charge in [0, 0.05) is 19.3 Å². The lowest BCUT2D eigenvalue weighted by atomic mass is 10.1. The van der Waals surface area contributed by atoms with Gasteiger partial charge in [0.2, 0.25) is 0 Å². The molecule has 0 aromatic carbocycles. The Kier molecular flexibility index (Phi) is 63.4. The van der Waals surface area contributed by atoms with Crippen molar-refractivity contribution in [3.8, 4) is 0 Å². The van der Waals surface area contributed by atoms with Crippen molar-refractivity contribution in [3.63, 3.8) is 0 Å². The van der Waals surface area contributed by atoms with Crippen LogP contribution in [0, 0.1) is 0 Å². The minimum atomic E-state index is -0.814. The maximum Gasteiger partial charge on any atom is 0.306 e. The van der Waals surface area contributed by atoms with Crippen molar-refractivity contribution in [2.75, 3.05) is 13.2 Å². The highest BCUT2D eigenvalue weighted by Crippen LogP contribution is 2.14. The molecule has 0 bridgehead atoms. The van der Waals surface area contributed by atoms with Crippen LogP contribution < -0.4 is 0 Å². The highest BCUT2D eigenvalue weighted by atomic mass is 16.6. The fourth-order valence-corrected chi connectivity index (χ4v) is 8.62. The molecule has 6 nitrogen and oxygen atoms in total. The van der Waals surface area contributed by atoms with Crippen molar-refractivity contribution in [1.29, 1.82) is 0 Å². The molecule has 0 aliphatic carbocycles. The summed E-state index contributed by atoms with van der Waals surface area (Å²) in [4.78, 5) is 38.4. The van der Waals surface area contributed by atoms with Crippen LogP contribution >= 0.6 is 0 Å². The molecule has 0 aromatic heterocycles. The summed E-state index contributed by atoms with van der Waals surface area (Å²) in [6.07, 6.45) is 98.1. The van der Waals surface area contributed by atoms with Crippen molar-refractivity contribution in [2.24, 2.45) is 0 Å². The molecule has 0 aliphatic heterocycles. The molecular formula is C75H120O6. The molecule has 1 unspecified atom stereocenters. The van der Waals surface area contributed by atoms with Crippen LogP contribution in [0.2, 0.25) is 0 Å². The number of allylic oxidation sites excluding steroid dienone is 26. The zero-order valence-electron chi connectivity index (χ0n) is 52.2. The summed E-state index contributed by atoms with van der Waals surface area (Å²) in [6, 6.07) is 0. The van der Waals surface area contributed by atoms with Crippen molar-refractivity contribution in [2.45, 2.75) is 284 Å². The predicted molar refractivity (Wildman–Crippen MR) is 352 cm³/mol. The highest BCUT2D eigenvalue weighted by molar-refractivity contribution is 5.71. The topological polar surface area (TPSA) is 78.9 Å². The Bertz CT molecular complexity index is 1810. The molecule has 456 valence electrons. The Balaban J connectivity index is 4.51. The zero-order valence-corrected chi connectivity index (χ0v) is 52.2. The Labute approximate surface area is 499 Å². The fraction of sp³-hybridized carbons (Fsp3) is 0.613. The van der Waals surface area contributed by atoms with Crippen LogP contribution in [-0.2, 0) is 28.6 Å². The van der Waals surface area contributed by atoms with E-state index >= 15 is 0 Å². The zero-order chi connectivity index (χ0) is 58.5. The second-order valence-corrected chi connectivity index (χ2v) is 21.3. The molecule has 0 aliphatic rings. The average molecular weight is 1120 g/mol. The number of hydrogen-bond acceptors (Lipinski definition) is 6. The highest BCUT2D eigenvalue weighted by Gasteiger charge is 2.19. The van der Waals surface area contributed by atoms with Gasteiger partial charge < -0.3 is 14.2 Å². The van der Waals surface area contributed by atoms with Gasteiger partial charge in [-0.15, -0.1) is 0 Å². The maximum atomic E-state index is 12.9. The van der Waals surface area contributed by atoms with Gasteiger partial charge in [0.25, 0.3) is 0 Å². The van der Waals surface area contributed by atoms with Crippen LogP contribution in [0.15, 0.2) is 158 Å². The molecule has 0 fully saturated rings. The standard InChI is InChI=1S/C75H120O6/c1-4-7-10-13-16-19-22-25-28-31-33-35-37-39-41-44-47-50-53-56-59-62-65-68-74(77)80-71-72(70-79-73(76)67-64-61-58-55-52-49-46-43-30-27-24-21-18-15-12-9-6-3)81-75(78)69-66-63-60-57-54-51-48-45-42-40-38-36-34-32-29-26-23-20-17-14-11-8-5-2/h7,9-10,12,16,18-19,21,23,25-28,30,32-35,38-41,46-47,49-50,72H,4-6,8,11,13-15,17,20,22,24,29,31,36-37,42-45,48,51-71H2,1-3H3/b10-7-,12-9-,19-16-,21-18-,26-23-,28-25-,30-27-,34-32-,35-33-,40-38-,41-39-,49-46-,50-47-. The van der Waals surface area contributed by atoms with Gasteiger partial charge in [0.1, 0.15) is 13.2 Å². The Morgan fingerprint density at radius 1 is 0.259 bits per heavy atom. The number of ether oxygens (including phenoxy) is 3. The van der Waals surface area contributed by atoms with Gasteiger partial charge in [0.05, 0.1) is 0 Å². The van der Waals surface area contributed by atoms with Crippen LogP contribution in [0.3, 0.4) is 0 Å². The predicted octanol–water partition coefficient (Wildman–Crippen LogP) is 22.9. The normalized spacial score (nSPS) is 13.2. The average Bonchev–Trinajstić information content (AvgIpc) is 3.47. The Morgan fingerprint density at radius 2 is 0.481 bits per heavy atom. The lowest BCUT2D eigenvalue weighted by molar-refractivity contribution is -0.167. The molecular weight excluding hydrogens is 997 g/mol. The SMILES string of the molecule is CC/C=C\C/C=C\C/C=C\C/C=C\C/C=C\C/C=C\CCCCCCC(=O)OCC(COC(=O)CCCCCC/C=C\C/C=C\C/C=C\C/C=C\CC)OC(=O)CCCCCCCCCC/C=C\C/C=C\C/C=C\CCCCCCC. The van der Waals surface area contributed by atoms with Crippen LogP contribution in [0.25, 0.3) is 0 Å². The molecule has 0 aromatic rings. The first-order chi connectivity index (χ1) is 40.0. The summed E-state index contributed by atoms with van der Waals surface area (Å²) in [5.41, 5.74) is 0. The maximum absolute atomic E-state index is 12.9. The molecule has 0 saturated heterocycles. The number of esters is 3. The van der Waals surface area contributed by atoms with Gasteiger partial charge in [-0.1, -0.05) is 269 Å². The second kappa shape index (κ2) is 67.5. The van der Waals surface area contributed by atoms with Gasteiger partial charge in [-0.3, -0.25) is 14.4 Å². The number of unbranched alkanes of at least 4 members (excludes halogenated alkanes) is 21. The minimum absolute atomic E-state index is 0.109. The first-order valence-corrected chi connectivity index (χ1v) is 33.0. The summed E-state index contributed by atoms with van der Waals surface area (Å²) in [7, 11) is 0. The molecule has 0 spiro atoms. The van der Waals surface area contributed by atoms with Gasteiger partial charge >= 0.3 is 17.9 Å². The molecule has 1 atom stereocenters. The summed E-state index contributed by atoms with van der Waals surface area (Å²) in [5, 5.41) is 0. The minimum Gasteiger partial charge on any atom is -0.462 e. The van der Waals surface area contributed by atoms with E-state index in [4.69, 9.17) is 14.2 Å². The summed E-state index contributed by atoms with van der Waals surface area (Å²) in [6.45, 7) is 6.36. The van der Waals surface area contributed by atoms with E-state index in [0.717, 1.165) is 167 Å². The number of carbonyl (C=O) groups is 3. The number of hydrogen-bond donors (Lipinski definition) is 0. The van der Waals surface area contributed by atoms with Gasteiger partial charge in [-0.05, 0) is 148 Å². The number of rotatable bonds is 58. The van der Waals surface area contributed by atoms with Crippen molar-refractivity contribution in [1.82, 2.24) is 0 Å². The second-order valence-electron chi connectivity index (χ2n) is 21.3. The van der Waals surface area contributed by atoms with E-state index in [2.05, 4.69) is 179 Å². The molecule has 0 rings (SSSR count). The van der Waals surface area contributed by atoms with E-state index in [1.165, 1.54) is 70.6 Å². The van der Waals surface area contributed by atoms with E-state index in [9.17, 15) is 14.4 Å². The quantitative estimate of drug-likeness (QED) is 0.0261. The van der Waals surface area contributed by atoms with Gasteiger partial charge in [0.15, 0.2) is 6.10 Å². The molecule has 0 saturated carbocycles. The van der Waals surface area contributed by atoms with Crippen molar-refractivity contribution in [3.05, 3.63) is 158 Å². The molecule has 6 heteroatoms. The van der Waals surface area contributed by atoms with Crippen LogP contribution in [0.4, 0.5) is 0 Å². The van der Waals surface area contributed by atoms with Gasteiger partial charge in [-0.2, -0.15) is 0 Å². The van der Waals surface area contributed by atoms with E-state index in [0.29, 0.717) is 19.3 Å². The molecule has 0 heterocycles. The smallest absolute Gasteiger partial charge is 0.306 e. The molecule has 0 radical (unpaired) electrons. The van der Waals surface area contributed by atoms with Crippen molar-refractivity contribution >= 4 is 17.9 Å². The van der Waals surface area contributed by atoms with E-state index in [-0.39, 0.29) is 31.1 Å². The van der Waals surface area contributed by atoms with Crippen LogP contribution in [0.5, 0.6) is 0 Å². The molecule has 81 heavy (non-hydrogen) atoms. The van der Waals surface area contributed by atoms with Crippen LogP contribution in [-0.4, -0.2) is 37.2 Å². The van der Waals surface area contributed by atoms with E-state index < -0.39 is 6.10 Å². The van der Waals surface area contributed by atoms with Crippen LogP contribution in [0.1, 0.15) is 278 Å². The third-order valence-corrected chi connectivity index (χ3v) is 13.5. The first-order valence-electron chi connectivity index (χ1n) is 33.0. The largest absolute Gasteiger partial charge is 0.462 e. The first kappa shape index (κ1) is 76.0. The lowest BCUT2D eigenvalue weighted by Crippen LogP contribution is -2.30. The third kappa shape index (κ3) is 65.7. The number of carbonyl (C=O) groups excluding carboxylic acids is 3. The summed E-state index contributed by atoms with van der Waals surface area (Å²) >= 11 is 0. The molecule has 0 amide bonds.